The normalized spacial score (nSPS) is 18.0. The number of halogens is 2. The lowest BCUT2D eigenvalue weighted by Crippen LogP contribution is -2.41. The minimum atomic E-state index is -2.78. The van der Waals surface area contributed by atoms with E-state index in [1.54, 1.807) is 18.2 Å². The van der Waals surface area contributed by atoms with Crippen molar-refractivity contribution in [1.82, 2.24) is 5.32 Å². The maximum Gasteiger partial charge on any atom is 0.494 e. The highest BCUT2D eigenvalue weighted by Gasteiger charge is 2.51. The van der Waals surface area contributed by atoms with Gasteiger partial charge in [0, 0.05) is 40.9 Å². The van der Waals surface area contributed by atoms with Gasteiger partial charge in [-0.05, 0) is 93.9 Å². The number of rotatable bonds is 8. The van der Waals surface area contributed by atoms with E-state index in [2.05, 4.69) is 5.32 Å². The number of amides is 1. The van der Waals surface area contributed by atoms with E-state index in [-0.39, 0.29) is 34.9 Å². The molecule has 1 saturated carbocycles. The Bertz CT molecular complexity index is 1770. The van der Waals surface area contributed by atoms with Crippen LogP contribution in [0.4, 0.5) is 14.5 Å². The Labute approximate surface area is 257 Å². The van der Waals surface area contributed by atoms with Gasteiger partial charge < -0.3 is 23.6 Å². The van der Waals surface area contributed by atoms with E-state index in [0.29, 0.717) is 27.7 Å². The van der Waals surface area contributed by atoms with E-state index in [4.69, 9.17) is 13.7 Å². The van der Waals surface area contributed by atoms with Gasteiger partial charge in [0.15, 0.2) is 0 Å². The highest BCUT2D eigenvalue weighted by Crippen LogP contribution is 2.48. The lowest BCUT2D eigenvalue weighted by molar-refractivity contribution is 0.00578. The first-order valence-electron chi connectivity index (χ1n) is 14.4. The minimum absolute atomic E-state index is 0.0674. The zero-order valence-electron chi connectivity index (χ0n) is 25.0. The van der Waals surface area contributed by atoms with Crippen molar-refractivity contribution in [2.75, 3.05) is 11.4 Å². The number of nitrogens with zero attached hydrogens (tertiary/aromatic N) is 1. The first-order chi connectivity index (χ1) is 20.8. The van der Waals surface area contributed by atoms with Gasteiger partial charge in [-0.15, -0.1) is 0 Å². The van der Waals surface area contributed by atoms with Gasteiger partial charge in [0.1, 0.15) is 23.0 Å². The summed E-state index contributed by atoms with van der Waals surface area (Å²) in [6.45, 7) is 7.36. The highest BCUT2D eigenvalue weighted by molar-refractivity contribution is 7.80. The fraction of sp³-hybridized carbons (Fsp3) is 0.344. The van der Waals surface area contributed by atoms with Crippen molar-refractivity contribution in [2.24, 2.45) is 0 Å². The van der Waals surface area contributed by atoms with Crippen molar-refractivity contribution in [3.8, 4) is 11.3 Å². The first kappa shape index (κ1) is 30.5. The average molecular weight is 621 g/mol. The molecular weight excluding hydrogens is 589 g/mol. The number of furan rings is 1. The molecule has 1 saturated heterocycles. The minimum Gasteiger partial charge on any atom is -0.755 e. The SMILES string of the molecule is CNC(=O)c1c(-c2ccc(F)cc2)oc2cc(N(Cc3ccc(B4OC(C)(C)C(C)(C)O4)cc3F)S(=O)[O-])c(C3CC3)cc12. The topological polar surface area (TPSA) is 104 Å². The van der Waals surface area contributed by atoms with Crippen LogP contribution in [0.1, 0.15) is 67.9 Å². The largest absolute Gasteiger partial charge is 0.755 e. The third-order valence-electron chi connectivity index (χ3n) is 8.78. The number of carbonyl (C=O) groups excluding carboxylic acids is 1. The quantitative estimate of drug-likeness (QED) is 0.200. The van der Waals surface area contributed by atoms with Crippen LogP contribution in [-0.2, 0) is 27.1 Å². The Balaban J connectivity index is 1.40. The molecule has 1 aliphatic carbocycles. The molecule has 0 radical (unpaired) electrons. The van der Waals surface area contributed by atoms with E-state index < -0.39 is 47.1 Å². The lowest BCUT2D eigenvalue weighted by atomic mass is 9.78. The number of hydrogen-bond donors (Lipinski definition) is 1. The summed E-state index contributed by atoms with van der Waals surface area (Å²) in [7, 11) is 0.738. The molecular formula is C32H32BF2N2O6S-. The Morgan fingerprint density at radius 3 is 2.27 bits per heavy atom. The van der Waals surface area contributed by atoms with E-state index in [9.17, 15) is 17.9 Å². The van der Waals surface area contributed by atoms with Crippen molar-refractivity contribution in [3.05, 3.63) is 82.9 Å². The summed E-state index contributed by atoms with van der Waals surface area (Å²) >= 11 is -2.78. The molecule has 4 aromatic rings. The maximum atomic E-state index is 15.5. The molecule has 12 heteroatoms. The van der Waals surface area contributed by atoms with E-state index in [1.807, 2.05) is 27.7 Å². The second-order valence-corrected chi connectivity index (χ2v) is 13.1. The van der Waals surface area contributed by atoms with Crippen LogP contribution >= 0.6 is 0 Å². The third-order valence-corrected chi connectivity index (χ3v) is 9.47. The van der Waals surface area contributed by atoms with Gasteiger partial charge in [0.05, 0.1) is 29.0 Å². The van der Waals surface area contributed by atoms with Gasteiger partial charge in [0.25, 0.3) is 5.91 Å². The second kappa shape index (κ2) is 11.1. The number of nitrogens with one attached hydrogen (secondary N) is 1. The molecule has 1 unspecified atom stereocenters. The molecule has 1 N–H and O–H groups in total. The predicted molar refractivity (Wildman–Crippen MR) is 164 cm³/mol. The molecule has 0 spiro atoms. The van der Waals surface area contributed by atoms with Crippen molar-refractivity contribution < 1.29 is 36.1 Å². The average Bonchev–Trinajstić information content (AvgIpc) is 3.70. The van der Waals surface area contributed by atoms with Crippen LogP contribution in [0, 0.1) is 11.6 Å². The molecule has 1 aliphatic heterocycles. The fourth-order valence-electron chi connectivity index (χ4n) is 5.43. The molecule has 3 aromatic carbocycles. The summed E-state index contributed by atoms with van der Waals surface area (Å²) < 4.78 is 73.9. The zero-order valence-corrected chi connectivity index (χ0v) is 25.8. The van der Waals surface area contributed by atoms with Gasteiger partial charge in [-0.1, -0.05) is 12.1 Å². The maximum absolute atomic E-state index is 15.5. The summed E-state index contributed by atoms with van der Waals surface area (Å²) in [5.74, 6) is -1.13. The zero-order chi connectivity index (χ0) is 31.6. The van der Waals surface area contributed by atoms with Crippen LogP contribution in [0.3, 0.4) is 0 Å². The molecule has 8 nitrogen and oxygen atoms in total. The summed E-state index contributed by atoms with van der Waals surface area (Å²) in [6, 6.07) is 13.4. The van der Waals surface area contributed by atoms with E-state index in [1.165, 1.54) is 43.4 Å². The summed E-state index contributed by atoms with van der Waals surface area (Å²) in [6.07, 6.45) is 1.68. The molecule has 6 rings (SSSR count). The first-order valence-corrected chi connectivity index (χ1v) is 15.4. The number of hydrogen-bond acceptors (Lipinski definition) is 6. The molecule has 2 heterocycles. The van der Waals surface area contributed by atoms with Gasteiger partial charge in [-0.3, -0.25) is 13.3 Å². The van der Waals surface area contributed by atoms with Crippen LogP contribution in [0.5, 0.6) is 0 Å². The van der Waals surface area contributed by atoms with Gasteiger partial charge in [-0.25, -0.2) is 8.78 Å². The molecule has 2 fully saturated rings. The van der Waals surface area contributed by atoms with E-state index in [0.717, 1.165) is 17.1 Å². The third kappa shape index (κ3) is 5.44. The van der Waals surface area contributed by atoms with Crippen LogP contribution in [-0.4, -0.2) is 40.0 Å². The smallest absolute Gasteiger partial charge is 0.494 e. The summed E-state index contributed by atoms with van der Waals surface area (Å²) in [5, 5.41) is 3.14. The molecule has 2 aliphatic rings. The van der Waals surface area contributed by atoms with Crippen LogP contribution in [0.15, 0.2) is 59.0 Å². The van der Waals surface area contributed by atoms with Crippen LogP contribution < -0.4 is 15.1 Å². The van der Waals surface area contributed by atoms with Gasteiger partial charge in [-0.2, -0.15) is 0 Å². The Morgan fingerprint density at radius 1 is 1.05 bits per heavy atom. The summed E-state index contributed by atoms with van der Waals surface area (Å²) in [5.41, 5.74) is 1.54. The van der Waals surface area contributed by atoms with Crippen molar-refractivity contribution in [1.29, 1.82) is 0 Å². The molecule has 1 aromatic heterocycles. The monoisotopic (exact) mass is 621 g/mol. The molecule has 0 bridgehead atoms. The predicted octanol–water partition coefficient (Wildman–Crippen LogP) is 5.71. The number of benzene rings is 3. The van der Waals surface area contributed by atoms with Crippen molar-refractivity contribution >= 4 is 46.4 Å². The number of anilines is 1. The molecule has 1 atom stereocenters. The standard InChI is InChI=1S/C32H33BF2N2O6S/c1-31(2)32(3,4)43-33(42-31)21-11-8-20(25(35)14-21)17-37(44(39)40)26-16-27-24(15-23(26)18-6-7-18)28(30(38)36-5)29(41-27)19-9-12-22(34)13-10-19/h8-16,18H,6-7,17H2,1-5H3,(H,36,38)(H,39,40)/p-1. The van der Waals surface area contributed by atoms with E-state index >= 15 is 4.39 Å². The Morgan fingerprint density at radius 2 is 1.70 bits per heavy atom. The Hall–Kier alpha value is -3.58. The van der Waals surface area contributed by atoms with Crippen LogP contribution in [0.25, 0.3) is 22.3 Å². The lowest BCUT2D eigenvalue weighted by Gasteiger charge is -2.32. The number of carbonyl (C=O) groups is 1. The summed E-state index contributed by atoms with van der Waals surface area (Å²) in [4.78, 5) is 13.0. The second-order valence-electron chi connectivity index (χ2n) is 12.3. The number of fused-ring (bicyclic) bond motifs is 1. The molecule has 230 valence electrons. The van der Waals surface area contributed by atoms with Crippen LogP contribution in [0.2, 0.25) is 0 Å². The Kier molecular flexibility index (Phi) is 7.68. The van der Waals surface area contributed by atoms with Crippen molar-refractivity contribution in [3.63, 3.8) is 0 Å². The molecule has 1 amide bonds. The van der Waals surface area contributed by atoms with Crippen molar-refractivity contribution in [2.45, 2.75) is 64.2 Å². The fourth-order valence-corrected chi connectivity index (χ4v) is 5.99. The van der Waals surface area contributed by atoms with Gasteiger partial charge >= 0.3 is 7.12 Å². The van der Waals surface area contributed by atoms with Gasteiger partial charge in [0.2, 0.25) is 0 Å². The highest BCUT2D eigenvalue weighted by atomic mass is 32.2. The molecule has 44 heavy (non-hydrogen) atoms.